The van der Waals surface area contributed by atoms with Gasteiger partial charge in [0.15, 0.2) is 0 Å². The first kappa shape index (κ1) is 14.1. The number of amides is 2. The maximum atomic E-state index is 12.0. The number of rotatable bonds is 4. The van der Waals surface area contributed by atoms with Crippen molar-refractivity contribution in [2.75, 3.05) is 19.6 Å². The fraction of sp³-hybridized carbons (Fsp3) is 0.429. The van der Waals surface area contributed by atoms with Gasteiger partial charge in [0, 0.05) is 30.7 Å². The first-order chi connectivity index (χ1) is 9.13. The van der Waals surface area contributed by atoms with Crippen LogP contribution in [0.1, 0.15) is 18.9 Å². The molecule has 1 heterocycles. The van der Waals surface area contributed by atoms with Gasteiger partial charge in [-0.1, -0.05) is 41.1 Å². The predicted molar refractivity (Wildman–Crippen MR) is 76.4 cm³/mol. The highest BCUT2D eigenvalue weighted by Crippen LogP contribution is 2.19. The van der Waals surface area contributed by atoms with Gasteiger partial charge in [0.1, 0.15) is 0 Å². The van der Waals surface area contributed by atoms with E-state index in [9.17, 15) is 9.59 Å². The second-order valence-electron chi connectivity index (χ2n) is 4.61. The normalized spacial score (nSPS) is 16.1. The smallest absolute Gasteiger partial charge is 0.312 e. The van der Waals surface area contributed by atoms with Crippen molar-refractivity contribution in [2.45, 2.75) is 19.9 Å². The Hall–Kier alpha value is -1.36. The van der Waals surface area contributed by atoms with Gasteiger partial charge in [-0.25, -0.2) is 0 Å². The highest BCUT2D eigenvalue weighted by atomic mass is 79.9. The fourth-order valence-electron chi connectivity index (χ4n) is 2.18. The van der Waals surface area contributed by atoms with Crippen LogP contribution in [0.3, 0.4) is 0 Å². The second kappa shape index (κ2) is 6.19. The van der Waals surface area contributed by atoms with Crippen LogP contribution in [0.4, 0.5) is 0 Å². The van der Waals surface area contributed by atoms with Crippen LogP contribution in [0.15, 0.2) is 28.7 Å². The molecule has 1 aliphatic heterocycles. The lowest BCUT2D eigenvalue weighted by Gasteiger charge is -2.33. The molecule has 2 rings (SSSR count). The Kier molecular flexibility index (Phi) is 4.58. The maximum Gasteiger partial charge on any atom is 0.312 e. The van der Waals surface area contributed by atoms with Crippen LogP contribution in [0.2, 0.25) is 0 Å². The molecule has 19 heavy (non-hydrogen) atoms. The molecule has 2 amide bonds. The molecular weight excluding hydrogens is 308 g/mol. The number of hydrogen-bond donors (Lipinski definition) is 0. The Morgan fingerprint density at radius 3 is 2.42 bits per heavy atom. The average Bonchev–Trinajstić information content (AvgIpc) is 2.41. The van der Waals surface area contributed by atoms with E-state index in [4.69, 9.17) is 0 Å². The standard InChI is InChI=1S/C14H17BrN2O2/c1-2-7-16-8-9-17(14(19)13(16)18)10-11-5-3-4-6-12(11)15/h3-6H,2,7-10H2,1H3. The van der Waals surface area contributed by atoms with Gasteiger partial charge in [-0.2, -0.15) is 0 Å². The lowest BCUT2D eigenvalue weighted by atomic mass is 10.2. The van der Waals surface area contributed by atoms with Gasteiger partial charge >= 0.3 is 11.8 Å². The maximum absolute atomic E-state index is 12.0. The van der Waals surface area contributed by atoms with Crippen LogP contribution >= 0.6 is 15.9 Å². The molecule has 1 saturated heterocycles. The van der Waals surface area contributed by atoms with E-state index < -0.39 is 5.91 Å². The van der Waals surface area contributed by atoms with Gasteiger partial charge in [0.25, 0.3) is 0 Å². The van der Waals surface area contributed by atoms with Gasteiger partial charge < -0.3 is 9.80 Å². The average molecular weight is 325 g/mol. The van der Waals surface area contributed by atoms with E-state index in [1.807, 2.05) is 31.2 Å². The van der Waals surface area contributed by atoms with Gasteiger partial charge in [-0.15, -0.1) is 0 Å². The molecule has 0 unspecified atom stereocenters. The van der Waals surface area contributed by atoms with E-state index >= 15 is 0 Å². The third-order valence-electron chi connectivity index (χ3n) is 3.21. The number of nitrogens with zero attached hydrogens (tertiary/aromatic N) is 2. The lowest BCUT2D eigenvalue weighted by Crippen LogP contribution is -2.53. The molecule has 102 valence electrons. The highest BCUT2D eigenvalue weighted by Gasteiger charge is 2.31. The molecule has 5 heteroatoms. The lowest BCUT2D eigenvalue weighted by molar-refractivity contribution is -0.156. The summed E-state index contributed by atoms with van der Waals surface area (Å²) in [6.45, 7) is 4.37. The molecule has 4 nitrogen and oxygen atoms in total. The third-order valence-corrected chi connectivity index (χ3v) is 3.98. The van der Waals surface area contributed by atoms with Gasteiger partial charge in [0.05, 0.1) is 0 Å². The topological polar surface area (TPSA) is 40.6 Å². The quantitative estimate of drug-likeness (QED) is 0.795. The third kappa shape index (κ3) is 3.15. The summed E-state index contributed by atoms with van der Waals surface area (Å²) >= 11 is 3.46. The largest absolute Gasteiger partial charge is 0.333 e. The van der Waals surface area contributed by atoms with Crippen molar-refractivity contribution in [1.29, 1.82) is 0 Å². The number of carbonyl (C=O) groups is 2. The zero-order chi connectivity index (χ0) is 13.8. The second-order valence-corrected chi connectivity index (χ2v) is 5.46. The molecule has 1 aromatic carbocycles. The van der Waals surface area contributed by atoms with Crippen molar-refractivity contribution in [3.63, 3.8) is 0 Å². The van der Waals surface area contributed by atoms with E-state index in [0.717, 1.165) is 16.5 Å². The summed E-state index contributed by atoms with van der Waals surface area (Å²) in [4.78, 5) is 27.2. The zero-order valence-corrected chi connectivity index (χ0v) is 12.5. The van der Waals surface area contributed by atoms with Crippen LogP contribution in [0, 0.1) is 0 Å². The van der Waals surface area contributed by atoms with Crippen LogP contribution < -0.4 is 0 Å². The molecule has 1 aliphatic rings. The van der Waals surface area contributed by atoms with Crippen molar-refractivity contribution >= 4 is 27.7 Å². The van der Waals surface area contributed by atoms with Crippen LogP contribution in [-0.2, 0) is 16.1 Å². The minimum absolute atomic E-state index is 0.375. The van der Waals surface area contributed by atoms with Crippen LogP contribution in [0.25, 0.3) is 0 Å². The summed E-state index contributed by atoms with van der Waals surface area (Å²) in [6.07, 6.45) is 0.878. The van der Waals surface area contributed by atoms with E-state index in [-0.39, 0.29) is 5.91 Å². The SMILES string of the molecule is CCCN1CCN(Cc2ccccc2Br)C(=O)C1=O. The first-order valence-corrected chi connectivity index (χ1v) is 7.24. The first-order valence-electron chi connectivity index (χ1n) is 6.45. The molecule has 1 fully saturated rings. The number of benzene rings is 1. The molecular formula is C14H17BrN2O2. The van der Waals surface area contributed by atoms with Gasteiger partial charge in [-0.3, -0.25) is 9.59 Å². The van der Waals surface area contributed by atoms with Gasteiger partial charge in [-0.05, 0) is 18.1 Å². The Bertz CT molecular complexity index is 490. The summed E-state index contributed by atoms with van der Waals surface area (Å²) in [6, 6.07) is 7.76. The summed E-state index contributed by atoms with van der Waals surface area (Å²) in [5, 5.41) is 0. The fourth-order valence-corrected chi connectivity index (χ4v) is 2.59. The van der Waals surface area contributed by atoms with Crippen LogP contribution in [0.5, 0.6) is 0 Å². The summed E-state index contributed by atoms with van der Waals surface area (Å²) in [5.74, 6) is -0.768. The molecule has 0 N–H and O–H groups in total. The molecule has 0 aliphatic carbocycles. The van der Waals surface area contributed by atoms with E-state index in [1.54, 1.807) is 9.80 Å². The number of piperazine rings is 1. The minimum atomic E-state index is -0.393. The van der Waals surface area contributed by atoms with Crippen molar-refractivity contribution in [1.82, 2.24) is 9.80 Å². The molecule has 0 radical (unpaired) electrons. The molecule has 1 aromatic rings. The summed E-state index contributed by atoms with van der Waals surface area (Å²) in [7, 11) is 0. The Morgan fingerprint density at radius 2 is 1.74 bits per heavy atom. The Morgan fingerprint density at radius 1 is 1.11 bits per heavy atom. The van der Waals surface area contributed by atoms with Crippen LogP contribution in [-0.4, -0.2) is 41.2 Å². The van der Waals surface area contributed by atoms with Crippen molar-refractivity contribution in [3.8, 4) is 0 Å². The number of carbonyl (C=O) groups excluding carboxylic acids is 2. The molecule has 0 atom stereocenters. The zero-order valence-electron chi connectivity index (χ0n) is 10.9. The monoisotopic (exact) mass is 324 g/mol. The van der Waals surface area contributed by atoms with E-state index in [2.05, 4.69) is 15.9 Å². The Balaban J connectivity index is 2.06. The van der Waals surface area contributed by atoms with E-state index in [0.29, 0.717) is 26.2 Å². The van der Waals surface area contributed by atoms with Crippen molar-refractivity contribution < 1.29 is 9.59 Å². The molecule has 0 aromatic heterocycles. The van der Waals surface area contributed by atoms with Gasteiger partial charge in [0.2, 0.25) is 0 Å². The molecule has 0 saturated carbocycles. The predicted octanol–water partition coefficient (Wildman–Crippen LogP) is 2.03. The Labute approximate surface area is 121 Å². The summed E-state index contributed by atoms with van der Waals surface area (Å²) in [5.41, 5.74) is 1.02. The number of hydrogen-bond acceptors (Lipinski definition) is 2. The minimum Gasteiger partial charge on any atom is -0.333 e. The number of halogens is 1. The van der Waals surface area contributed by atoms with Crippen molar-refractivity contribution in [3.05, 3.63) is 34.3 Å². The van der Waals surface area contributed by atoms with E-state index in [1.165, 1.54) is 0 Å². The molecule has 0 bridgehead atoms. The highest BCUT2D eigenvalue weighted by molar-refractivity contribution is 9.10. The molecule has 0 spiro atoms. The summed E-state index contributed by atoms with van der Waals surface area (Å²) < 4.78 is 0.964. The van der Waals surface area contributed by atoms with Crippen molar-refractivity contribution in [2.24, 2.45) is 0 Å².